The lowest BCUT2D eigenvalue weighted by Gasteiger charge is -2.32. The summed E-state index contributed by atoms with van der Waals surface area (Å²) in [5.41, 5.74) is 4.56. The van der Waals surface area contributed by atoms with Gasteiger partial charge < -0.3 is 19.7 Å². The van der Waals surface area contributed by atoms with Crippen LogP contribution >= 0.6 is 0 Å². The number of nitrogens with one attached hydrogen (secondary N) is 1. The molecule has 2 aromatic carbocycles. The summed E-state index contributed by atoms with van der Waals surface area (Å²) in [6.07, 6.45) is 2.83. The minimum atomic E-state index is -0.472. The Labute approximate surface area is 205 Å². The van der Waals surface area contributed by atoms with Gasteiger partial charge in [0.25, 0.3) is 5.91 Å². The lowest BCUT2D eigenvalue weighted by Crippen LogP contribution is -2.49. The molecule has 2 bridgehead atoms. The number of allylic oxidation sites excluding steroid dienone is 1. The Kier molecular flexibility index (Phi) is 5.61. The molecule has 4 aliphatic rings. The first-order valence-corrected chi connectivity index (χ1v) is 12.5. The summed E-state index contributed by atoms with van der Waals surface area (Å²) in [6.45, 7) is 8.77. The fourth-order valence-electron chi connectivity index (χ4n) is 5.92. The van der Waals surface area contributed by atoms with Gasteiger partial charge in [-0.05, 0) is 49.4 Å². The zero-order valence-electron chi connectivity index (χ0n) is 20.0. The molecule has 182 valence electrons. The predicted octanol–water partition coefficient (Wildman–Crippen LogP) is 3.55. The maximum absolute atomic E-state index is 13.1. The van der Waals surface area contributed by atoms with Gasteiger partial charge in [-0.15, -0.1) is 0 Å². The van der Waals surface area contributed by atoms with E-state index in [9.17, 15) is 9.59 Å². The highest BCUT2D eigenvalue weighted by atomic mass is 16.5. The molecule has 3 unspecified atom stereocenters. The number of benzene rings is 2. The highest BCUT2D eigenvalue weighted by Gasteiger charge is 2.41. The molecule has 2 amide bonds. The largest absolute Gasteiger partial charge is 0.489 e. The van der Waals surface area contributed by atoms with Crippen LogP contribution in [0.5, 0.6) is 5.75 Å². The maximum atomic E-state index is 13.1. The van der Waals surface area contributed by atoms with E-state index in [-0.39, 0.29) is 11.8 Å². The van der Waals surface area contributed by atoms with Gasteiger partial charge in [0.1, 0.15) is 18.4 Å². The minimum Gasteiger partial charge on any atom is -0.489 e. The van der Waals surface area contributed by atoms with Crippen molar-refractivity contribution in [2.75, 3.05) is 13.2 Å². The van der Waals surface area contributed by atoms with E-state index in [0.29, 0.717) is 61.2 Å². The Hall–Kier alpha value is -3.16. The van der Waals surface area contributed by atoms with Gasteiger partial charge in [0.05, 0.1) is 19.3 Å². The summed E-state index contributed by atoms with van der Waals surface area (Å²) in [5, 5.41) is 2.78. The number of nitrogens with zero attached hydrogens (tertiary/aromatic N) is 2. The Morgan fingerprint density at radius 1 is 1.20 bits per heavy atom. The monoisotopic (exact) mass is 473 g/mol. The molecule has 1 N–H and O–H groups in total. The average molecular weight is 474 g/mol. The third kappa shape index (κ3) is 4.02. The summed E-state index contributed by atoms with van der Waals surface area (Å²) in [5.74, 6) is 0.426. The molecule has 7 heteroatoms. The molecule has 3 fully saturated rings. The quantitative estimate of drug-likeness (QED) is 0.695. The van der Waals surface area contributed by atoms with Crippen LogP contribution in [0, 0.1) is 0 Å². The molecular weight excluding hydrogens is 442 g/mol. The van der Waals surface area contributed by atoms with Crippen molar-refractivity contribution in [1.82, 2.24) is 15.1 Å². The second kappa shape index (κ2) is 8.81. The van der Waals surface area contributed by atoms with Crippen LogP contribution in [0.1, 0.15) is 59.3 Å². The van der Waals surface area contributed by atoms with Crippen molar-refractivity contribution in [2.45, 2.75) is 63.6 Å². The molecule has 0 aliphatic carbocycles. The summed E-state index contributed by atoms with van der Waals surface area (Å²) >= 11 is 0. The Bertz CT molecular complexity index is 1180. The van der Waals surface area contributed by atoms with E-state index in [2.05, 4.69) is 48.0 Å². The highest BCUT2D eigenvalue weighted by Crippen LogP contribution is 2.36. The van der Waals surface area contributed by atoms with Gasteiger partial charge in [-0.2, -0.15) is 0 Å². The Balaban J connectivity index is 1.12. The molecule has 35 heavy (non-hydrogen) atoms. The fraction of sp³-hybridized carbons (Fsp3) is 0.429. The van der Waals surface area contributed by atoms with Crippen LogP contribution in [0.2, 0.25) is 0 Å². The van der Waals surface area contributed by atoms with Crippen LogP contribution in [0.3, 0.4) is 0 Å². The van der Waals surface area contributed by atoms with Gasteiger partial charge in [0.2, 0.25) is 5.91 Å². The number of fused-ring (bicyclic) bond motifs is 3. The first-order chi connectivity index (χ1) is 17.0. The number of carbonyl (C=O) groups is 2. The van der Waals surface area contributed by atoms with Crippen molar-refractivity contribution in [3.8, 4) is 5.75 Å². The van der Waals surface area contributed by atoms with E-state index in [1.807, 2.05) is 18.2 Å². The smallest absolute Gasteiger partial charge is 0.255 e. The molecular formula is C28H31N3O4. The summed E-state index contributed by atoms with van der Waals surface area (Å²) in [6, 6.07) is 14.6. The lowest BCUT2D eigenvalue weighted by atomic mass is 10.0. The molecule has 4 aliphatic heterocycles. The zero-order chi connectivity index (χ0) is 24.1. The molecule has 3 saturated heterocycles. The van der Waals surface area contributed by atoms with E-state index in [1.165, 1.54) is 5.56 Å². The van der Waals surface area contributed by atoms with Crippen molar-refractivity contribution in [2.24, 2.45) is 0 Å². The SMILES string of the molecule is C=C1CC[C@H](N2Cc3c(OCc4ccc(C(C)N5CC6CC5CO6)cc4)cccc3C2=O)C(=O)N1. The number of morpholine rings is 1. The topological polar surface area (TPSA) is 71.1 Å². The molecule has 0 aromatic heterocycles. The molecule has 7 nitrogen and oxygen atoms in total. The molecule has 0 saturated carbocycles. The molecule has 2 aromatic rings. The average Bonchev–Trinajstić information content (AvgIpc) is 3.58. The third-order valence-corrected chi connectivity index (χ3v) is 7.95. The standard InChI is InChI=1S/C28H31N3O4/c1-17-6-11-25(27(32)29-17)31-14-24-23(28(31)33)4-3-5-26(24)35-15-19-7-9-20(10-8-19)18(2)30-13-22-12-21(30)16-34-22/h3-5,7-10,18,21-22,25H,1,6,11-16H2,2H3,(H,29,32)/t18?,21?,22?,25-/m0/s1. The van der Waals surface area contributed by atoms with E-state index >= 15 is 0 Å². The Morgan fingerprint density at radius 2 is 2.03 bits per heavy atom. The highest BCUT2D eigenvalue weighted by molar-refractivity contribution is 6.02. The van der Waals surface area contributed by atoms with Crippen molar-refractivity contribution in [1.29, 1.82) is 0 Å². The Morgan fingerprint density at radius 3 is 2.74 bits per heavy atom. The van der Waals surface area contributed by atoms with Gasteiger partial charge in [0.15, 0.2) is 0 Å². The van der Waals surface area contributed by atoms with Gasteiger partial charge in [-0.3, -0.25) is 14.5 Å². The first-order valence-electron chi connectivity index (χ1n) is 12.5. The van der Waals surface area contributed by atoms with Crippen molar-refractivity contribution in [3.63, 3.8) is 0 Å². The molecule has 6 rings (SSSR count). The van der Waals surface area contributed by atoms with Gasteiger partial charge >= 0.3 is 0 Å². The predicted molar refractivity (Wildman–Crippen MR) is 131 cm³/mol. The number of hydrogen-bond acceptors (Lipinski definition) is 5. The number of likely N-dealkylation sites (tertiary alicyclic amines) is 1. The lowest BCUT2D eigenvalue weighted by molar-refractivity contribution is -0.126. The molecule has 4 heterocycles. The molecule has 0 radical (unpaired) electrons. The number of carbonyl (C=O) groups excluding carboxylic acids is 2. The minimum absolute atomic E-state index is 0.113. The summed E-state index contributed by atoms with van der Waals surface area (Å²) in [7, 11) is 0. The summed E-state index contributed by atoms with van der Waals surface area (Å²) in [4.78, 5) is 29.7. The van der Waals surface area contributed by atoms with Crippen molar-refractivity contribution >= 4 is 11.8 Å². The van der Waals surface area contributed by atoms with Gasteiger partial charge in [0, 0.05) is 35.5 Å². The van der Waals surface area contributed by atoms with Gasteiger partial charge in [-0.25, -0.2) is 0 Å². The van der Waals surface area contributed by atoms with E-state index in [1.54, 1.807) is 4.90 Å². The molecule has 0 spiro atoms. The van der Waals surface area contributed by atoms with Crippen LogP contribution in [-0.4, -0.2) is 53.0 Å². The first kappa shape index (κ1) is 22.3. The van der Waals surface area contributed by atoms with E-state index < -0.39 is 6.04 Å². The number of hydrogen-bond donors (Lipinski definition) is 1. The third-order valence-electron chi connectivity index (χ3n) is 7.95. The summed E-state index contributed by atoms with van der Waals surface area (Å²) < 4.78 is 11.9. The van der Waals surface area contributed by atoms with Crippen molar-refractivity contribution in [3.05, 3.63) is 77.0 Å². The van der Waals surface area contributed by atoms with Crippen LogP contribution in [0.15, 0.2) is 54.7 Å². The van der Waals surface area contributed by atoms with Crippen molar-refractivity contribution < 1.29 is 19.1 Å². The van der Waals surface area contributed by atoms with Crippen LogP contribution in [-0.2, 0) is 22.7 Å². The second-order valence-electron chi connectivity index (χ2n) is 10.1. The fourth-order valence-corrected chi connectivity index (χ4v) is 5.92. The normalized spacial score (nSPS) is 26.7. The second-order valence-corrected chi connectivity index (χ2v) is 10.1. The van der Waals surface area contributed by atoms with Crippen LogP contribution in [0.25, 0.3) is 0 Å². The maximum Gasteiger partial charge on any atom is 0.255 e. The molecule has 4 atom stereocenters. The van der Waals surface area contributed by atoms with E-state index in [4.69, 9.17) is 9.47 Å². The van der Waals surface area contributed by atoms with E-state index in [0.717, 1.165) is 30.7 Å². The number of piperidine rings is 1. The van der Waals surface area contributed by atoms with Crippen LogP contribution in [0.4, 0.5) is 0 Å². The number of ether oxygens (including phenoxy) is 2. The zero-order valence-corrected chi connectivity index (χ0v) is 20.0. The number of rotatable bonds is 6. The van der Waals surface area contributed by atoms with Crippen LogP contribution < -0.4 is 10.1 Å². The van der Waals surface area contributed by atoms with Gasteiger partial charge in [-0.1, -0.05) is 36.9 Å². The number of amides is 2.